The maximum Gasteiger partial charge on any atom is 0.416 e. The van der Waals surface area contributed by atoms with Gasteiger partial charge in [-0.2, -0.15) is 13.2 Å². The van der Waals surface area contributed by atoms with Crippen LogP contribution in [0.25, 0.3) is 0 Å². The van der Waals surface area contributed by atoms with Crippen LogP contribution in [-0.2, 0) is 27.1 Å². The second-order valence-electron chi connectivity index (χ2n) is 6.98. The number of alkyl halides is 3. The standard InChI is InChI=1S/C22H25F3N2O4/c23-22(24,25)17-13-11-16(12-14-17)15-31-19(21(29)27-30)9-5-2-6-10-20(28)26-18-7-3-1-4-8-18/h1,3-4,7-8,11-14,19,30H,2,5-6,9-10,15H2,(H,26,28)(H,27,29). The summed E-state index contributed by atoms with van der Waals surface area (Å²) in [6, 6.07) is 13.5. The van der Waals surface area contributed by atoms with Gasteiger partial charge in [-0.25, -0.2) is 5.48 Å². The Morgan fingerprint density at radius 3 is 2.26 bits per heavy atom. The van der Waals surface area contributed by atoms with Gasteiger partial charge in [0, 0.05) is 12.1 Å². The van der Waals surface area contributed by atoms with E-state index in [0.29, 0.717) is 37.7 Å². The number of anilines is 1. The highest BCUT2D eigenvalue weighted by Crippen LogP contribution is 2.29. The number of unbranched alkanes of at least 4 members (excludes halogenated alkanes) is 2. The number of hydrogen-bond donors (Lipinski definition) is 3. The molecule has 6 nitrogen and oxygen atoms in total. The van der Waals surface area contributed by atoms with E-state index in [2.05, 4.69) is 5.32 Å². The van der Waals surface area contributed by atoms with Crippen LogP contribution in [0.15, 0.2) is 54.6 Å². The molecule has 1 unspecified atom stereocenters. The van der Waals surface area contributed by atoms with Crippen LogP contribution in [0.3, 0.4) is 0 Å². The molecule has 1 atom stereocenters. The minimum Gasteiger partial charge on any atom is -0.364 e. The van der Waals surface area contributed by atoms with Gasteiger partial charge in [0.15, 0.2) is 0 Å². The smallest absolute Gasteiger partial charge is 0.364 e. The molecule has 0 bridgehead atoms. The molecule has 9 heteroatoms. The molecule has 2 aromatic rings. The monoisotopic (exact) mass is 438 g/mol. The Hall–Kier alpha value is -2.91. The Labute approximate surface area is 178 Å². The van der Waals surface area contributed by atoms with Crippen molar-refractivity contribution in [2.45, 2.75) is 51.0 Å². The minimum absolute atomic E-state index is 0.0737. The number of hydrogen-bond acceptors (Lipinski definition) is 4. The lowest BCUT2D eigenvalue weighted by Crippen LogP contribution is -2.34. The predicted molar refractivity (Wildman–Crippen MR) is 108 cm³/mol. The number of amides is 2. The van der Waals surface area contributed by atoms with E-state index in [0.717, 1.165) is 17.8 Å². The lowest BCUT2D eigenvalue weighted by molar-refractivity contribution is -0.142. The first-order chi connectivity index (χ1) is 14.8. The number of benzene rings is 2. The summed E-state index contributed by atoms with van der Waals surface area (Å²) in [5.74, 6) is -0.830. The molecule has 2 aromatic carbocycles. The second-order valence-corrected chi connectivity index (χ2v) is 6.98. The molecule has 2 amide bonds. The largest absolute Gasteiger partial charge is 0.416 e. The van der Waals surface area contributed by atoms with E-state index in [1.54, 1.807) is 12.1 Å². The number of rotatable bonds is 11. The number of carbonyl (C=O) groups excluding carboxylic acids is 2. The molecule has 31 heavy (non-hydrogen) atoms. The van der Waals surface area contributed by atoms with Gasteiger partial charge in [0.05, 0.1) is 12.2 Å². The van der Waals surface area contributed by atoms with Crippen molar-refractivity contribution in [1.82, 2.24) is 5.48 Å². The van der Waals surface area contributed by atoms with Gasteiger partial charge in [-0.1, -0.05) is 43.2 Å². The molecular formula is C22H25F3N2O4. The van der Waals surface area contributed by atoms with E-state index in [4.69, 9.17) is 9.94 Å². The Morgan fingerprint density at radius 2 is 1.65 bits per heavy atom. The summed E-state index contributed by atoms with van der Waals surface area (Å²) in [7, 11) is 0. The first-order valence-corrected chi connectivity index (χ1v) is 9.86. The van der Waals surface area contributed by atoms with Crippen molar-refractivity contribution >= 4 is 17.5 Å². The van der Waals surface area contributed by atoms with Crippen molar-refractivity contribution in [2.24, 2.45) is 0 Å². The molecule has 0 aliphatic carbocycles. The van der Waals surface area contributed by atoms with Crippen molar-refractivity contribution in [3.8, 4) is 0 Å². The Bertz CT molecular complexity index is 827. The van der Waals surface area contributed by atoms with Gasteiger partial charge < -0.3 is 10.1 Å². The SMILES string of the molecule is O=C(CCCCCC(OCc1ccc(C(F)(F)F)cc1)C(=O)NO)Nc1ccccc1. The molecule has 0 aliphatic rings. The van der Waals surface area contributed by atoms with E-state index in [1.165, 1.54) is 17.6 Å². The summed E-state index contributed by atoms with van der Waals surface area (Å²) in [4.78, 5) is 23.7. The van der Waals surface area contributed by atoms with Gasteiger partial charge in [-0.15, -0.1) is 0 Å². The number of halogens is 3. The van der Waals surface area contributed by atoms with Crippen LogP contribution in [0.5, 0.6) is 0 Å². The molecule has 0 spiro atoms. The van der Waals surface area contributed by atoms with E-state index in [1.807, 2.05) is 18.2 Å². The normalized spacial score (nSPS) is 12.3. The molecule has 0 heterocycles. The highest BCUT2D eigenvalue weighted by molar-refractivity contribution is 5.90. The van der Waals surface area contributed by atoms with Crippen molar-refractivity contribution < 1.29 is 32.7 Å². The zero-order valence-electron chi connectivity index (χ0n) is 16.8. The second kappa shape index (κ2) is 12.1. The summed E-state index contributed by atoms with van der Waals surface area (Å²) < 4.78 is 43.3. The fraction of sp³-hybridized carbons (Fsp3) is 0.364. The highest BCUT2D eigenvalue weighted by atomic mass is 19.4. The Kier molecular flexibility index (Phi) is 9.48. The van der Waals surface area contributed by atoms with E-state index in [9.17, 15) is 22.8 Å². The number of ether oxygens (including phenoxy) is 1. The van der Waals surface area contributed by atoms with Gasteiger partial charge in [0.25, 0.3) is 5.91 Å². The molecule has 3 N–H and O–H groups in total. The summed E-state index contributed by atoms with van der Waals surface area (Å²) in [5.41, 5.74) is 1.97. The van der Waals surface area contributed by atoms with Crippen LogP contribution in [0.2, 0.25) is 0 Å². The summed E-state index contributed by atoms with van der Waals surface area (Å²) >= 11 is 0. The average Bonchev–Trinajstić information content (AvgIpc) is 2.75. The van der Waals surface area contributed by atoms with Crippen molar-refractivity contribution in [3.63, 3.8) is 0 Å². The van der Waals surface area contributed by atoms with Crippen LogP contribution in [0.4, 0.5) is 18.9 Å². The maximum absolute atomic E-state index is 12.6. The van der Waals surface area contributed by atoms with Crippen LogP contribution in [-0.4, -0.2) is 23.1 Å². The molecule has 0 radical (unpaired) electrons. The van der Waals surface area contributed by atoms with Crippen LogP contribution in [0.1, 0.15) is 43.2 Å². The van der Waals surface area contributed by atoms with Gasteiger partial charge in [0.1, 0.15) is 6.10 Å². The lowest BCUT2D eigenvalue weighted by Gasteiger charge is -2.16. The summed E-state index contributed by atoms with van der Waals surface area (Å²) in [6.45, 7) is -0.0737. The van der Waals surface area contributed by atoms with Crippen molar-refractivity contribution in [1.29, 1.82) is 0 Å². The summed E-state index contributed by atoms with van der Waals surface area (Å²) in [6.07, 6.45) is -2.89. The molecule has 2 rings (SSSR count). The number of carbonyl (C=O) groups is 2. The molecule has 168 valence electrons. The van der Waals surface area contributed by atoms with Crippen LogP contribution in [0, 0.1) is 0 Å². The predicted octanol–water partition coefficient (Wildman–Crippen LogP) is 4.69. The van der Waals surface area contributed by atoms with Gasteiger partial charge >= 0.3 is 6.18 Å². The average molecular weight is 438 g/mol. The number of hydroxylamine groups is 1. The van der Waals surface area contributed by atoms with Gasteiger partial charge in [0.2, 0.25) is 5.91 Å². The van der Waals surface area contributed by atoms with Crippen molar-refractivity contribution in [3.05, 3.63) is 65.7 Å². The third-order valence-corrected chi connectivity index (χ3v) is 4.56. The fourth-order valence-corrected chi connectivity index (χ4v) is 2.89. The molecular weight excluding hydrogens is 413 g/mol. The zero-order chi connectivity index (χ0) is 22.7. The molecule has 0 aliphatic heterocycles. The van der Waals surface area contributed by atoms with Crippen LogP contribution < -0.4 is 10.8 Å². The van der Waals surface area contributed by atoms with Crippen molar-refractivity contribution in [2.75, 3.05) is 5.32 Å². The fourth-order valence-electron chi connectivity index (χ4n) is 2.89. The molecule has 0 saturated heterocycles. The van der Waals surface area contributed by atoms with Gasteiger partial charge in [-0.05, 0) is 42.7 Å². The molecule has 0 saturated carbocycles. The third kappa shape index (κ3) is 8.77. The van der Waals surface area contributed by atoms with E-state index >= 15 is 0 Å². The Balaban J connectivity index is 1.72. The first kappa shape index (κ1) is 24.4. The quantitative estimate of drug-likeness (QED) is 0.270. The summed E-state index contributed by atoms with van der Waals surface area (Å²) in [5, 5.41) is 11.7. The Morgan fingerprint density at radius 1 is 0.968 bits per heavy atom. The highest BCUT2D eigenvalue weighted by Gasteiger charge is 2.30. The molecule has 0 aromatic heterocycles. The van der Waals surface area contributed by atoms with E-state index < -0.39 is 23.8 Å². The minimum atomic E-state index is -4.42. The number of para-hydroxylation sites is 1. The molecule has 0 fully saturated rings. The third-order valence-electron chi connectivity index (χ3n) is 4.56. The van der Waals surface area contributed by atoms with Gasteiger partial charge in [-0.3, -0.25) is 14.8 Å². The lowest BCUT2D eigenvalue weighted by atomic mass is 10.1. The number of nitrogens with one attached hydrogen (secondary N) is 2. The topological polar surface area (TPSA) is 87.7 Å². The maximum atomic E-state index is 12.6. The first-order valence-electron chi connectivity index (χ1n) is 9.86. The zero-order valence-corrected chi connectivity index (χ0v) is 16.8. The van der Waals surface area contributed by atoms with E-state index in [-0.39, 0.29) is 12.5 Å². The van der Waals surface area contributed by atoms with Crippen LogP contribution >= 0.6 is 0 Å².